The predicted molar refractivity (Wildman–Crippen MR) is 112 cm³/mol. The van der Waals surface area contributed by atoms with Gasteiger partial charge in [0.05, 0.1) is 14.2 Å². The molecule has 0 aromatic heterocycles. The molecule has 0 spiro atoms. The molecular formula is C23H30N2O3. The molecule has 1 saturated carbocycles. The van der Waals surface area contributed by atoms with E-state index in [0.717, 1.165) is 24.1 Å². The Kier molecular flexibility index (Phi) is 6.80. The lowest BCUT2D eigenvalue weighted by Gasteiger charge is -2.27. The number of anilines is 1. The lowest BCUT2D eigenvalue weighted by molar-refractivity contribution is -0.122. The summed E-state index contributed by atoms with van der Waals surface area (Å²) >= 11 is 0. The van der Waals surface area contributed by atoms with Gasteiger partial charge in [-0.3, -0.25) is 4.79 Å². The molecule has 2 N–H and O–H groups in total. The highest BCUT2D eigenvalue weighted by Crippen LogP contribution is 2.32. The average molecular weight is 383 g/mol. The molecule has 28 heavy (non-hydrogen) atoms. The molecule has 2 aromatic carbocycles. The fourth-order valence-corrected chi connectivity index (χ4v) is 3.68. The van der Waals surface area contributed by atoms with Gasteiger partial charge < -0.3 is 20.1 Å². The van der Waals surface area contributed by atoms with Crippen LogP contribution in [-0.4, -0.2) is 26.2 Å². The number of rotatable bonds is 7. The summed E-state index contributed by atoms with van der Waals surface area (Å²) in [5, 5.41) is 6.63. The van der Waals surface area contributed by atoms with Gasteiger partial charge in [-0.2, -0.15) is 0 Å². The molecule has 0 bridgehead atoms. The van der Waals surface area contributed by atoms with Crippen LogP contribution < -0.4 is 20.1 Å². The zero-order valence-electron chi connectivity index (χ0n) is 17.0. The summed E-state index contributed by atoms with van der Waals surface area (Å²) in [6.07, 6.45) is 5.71. The fourth-order valence-electron chi connectivity index (χ4n) is 3.68. The van der Waals surface area contributed by atoms with Gasteiger partial charge >= 0.3 is 0 Å². The van der Waals surface area contributed by atoms with E-state index in [4.69, 9.17) is 9.47 Å². The van der Waals surface area contributed by atoms with Gasteiger partial charge in [-0.1, -0.05) is 43.0 Å². The first-order valence-electron chi connectivity index (χ1n) is 9.96. The smallest absolute Gasteiger partial charge is 0.247 e. The van der Waals surface area contributed by atoms with Crippen molar-refractivity contribution in [1.82, 2.24) is 5.32 Å². The third kappa shape index (κ3) is 4.97. The zero-order valence-corrected chi connectivity index (χ0v) is 17.0. The van der Waals surface area contributed by atoms with Gasteiger partial charge in [0.2, 0.25) is 5.91 Å². The van der Waals surface area contributed by atoms with Crippen molar-refractivity contribution in [2.24, 2.45) is 0 Å². The minimum Gasteiger partial charge on any atom is -0.493 e. The summed E-state index contributed by atoms with van der Waals surface area (Å²) in [5.41, 5.74) is 2.93. The van der Waals surface area contributed by atoms with Crippen LogP contribution in [0.4, 0.5) is 5.69 Å². The van der Waals surface area contributed by atoms with Gasteiger partial charge in [0.1, 0.15) is 6.04 Å². The van der Waals surface area contributed by atoms with Crippen LogP contribution >= 0.6 is 0 Å². The molecule has 1 fully saturated rings. The maximum Gasteiger partial charge on any atom is 0.247 e. The first-order valence-corrected chi connectivity index (χ1v) is 9.96. The first kappa shape index (κ1) is 20.1. The maximum absolute atomic E-state index is 13.2. The summed E-state index contributed by atoms with van der Waals surface area (Å²) in [6, 6.07) is 13.4. The largest absolute Gasteiger partial charge is 0.493 e. The topological polar surface area (TPSA) is 59.6 Å². The highest BCUT2D eigenvalue weighted by Gasteiger charge is 2.25. The van der Waals surface area contributed by atoms with Gasteiger partial charge in [-0.25, -0.2) is 0 Å². The van der Waals surface area contributed by atoms with Crippen molar-refractivity contribution >= 4 is 11.6 Å². The minimum absolute atomic E-state index is 0.0142. The van der Waals surface area contributed by atoms with Crippen molar-refractivity contribution in [3.8, 4) is 11.5 Å². The lowest BCUT2D eigenvalue weighted by Crippen LogP contribution is -2.41. The van der Waals surface area contributed by atoms with Crippen LogP contribution in [0.1, 0.15) is 49.3 Å². The molecule has 0 heterocycles. The van der Waals surface area contributed by atoms with E-state index in [1.165, 1.54) is 24.8 Å². The van der Waals surface area contributed by atoms with Crippen molar-refractivity contribution in [3.05, 3.63) is 53.6 Å². The van der Waals surface area contributed by atoms with Crippen molar-refractivity contribution in [1.29, 1.82) is 0 Å². The van der Waals surface area contributed by atoms with E-state index in [-0.39, 0.29) is 11.9 Å². The van der Waals surface area contributed by atoms with E-state index < -0.39 is 6.04 Å². The van der Waals surface area contributed by atoms with Gasteiger partial charge in [0.25, 0.3) is 0 Å². The quantitative estimate of drug-likeness (QED) is 0.734. The molecule has 3 rings (SSSR count). The van der Waals surface area contributed by atoms with Crippen molar-refractivity contribution < 1.29 is 14.3 Å². The van der Waals surface area contributed by atoms with Crippen LogP contribution in [0.15, 0.2) is 42.5 Å². The number of hydrogen-bond acceptors (Lipinski definition) is 4. The highest BCUT2D eigenvalue weighted by molar-refractivity contribution is 5.86. The Balaban J connectivity index is 1.86. The Hall–Kier alpha value is -2.69. The minimum atomic E-state index is -0.510. The Morgan fingerprint density at radius 2 is 1.64 bits per heavy atom. The number of ether oxygens (including phenoxy) is 2. The number of benzene rings is 2. The first-order chi connectivity index (χ1) is 13.6. The molecule has 0 aliphatic heterocycles. The van der Waals surface area contributed by atoms with E-state index in [9.17, 15) is 4.79 Å². The third-order valence-electron chi connectivity index (χ3n) is 5.32. The summed E-state index contributed by atoms with van der Waals surface area (Å²) < 4.78 is 10.8. The normalized spacial score (nSPS) is 15.5. The van der Waals surface area contributed by atoms with Crippen LogP contribution in [0.2, 0.25) is 0 Å². The number of carbonyl (C=O) groups is 1. The molecule has 1 aliphatic carbocycles. The molecule has 5 heteroatoms. The second-order valence-corrected chi connectivity index (χ2v) is 7.40. The number of aryl methyl sites for hydroxylation is 1. The van der Waals surface area contributed by atoms with E-state index in [1.807, 2.05) is 49.4 Å². The van der Waals surface area contributed by atoms with Gasteiger partial charge in [0.15, 0.2) is 11.5 Å². The molecule has 0 radical (unpaired) electrons. The van der Waals surface area contributed by atoms with Crippen molar-refractivity contribution in [2.45, 2.75) is 51.1 Å². The molecule has 1 amide bonds. The predicted octanol–water partition coefficient (Wildman–Crippen LogP) is 4.61. The number of hydrogen-bond donors (Lipinski definition) is 2. The Morgan fingerprint density at radius 3 is 2.29 bits per heavy atom. The average Bonchev–Trinajstić information content (AvgIpc) is 2.73. The highest BCUT2D eigenvalue weighted by atomic mass is 16.5. The molecule has 1 atom stereocenters. The third-order valence-corrected chi connectivity index (χ3v) is 5.32. The molecule has 0 saturated heterocycles. The van der Waals surface area contributed by atoms with Gasteiger partial charge in [-0.05, 0) is 49.6 Å². The summed E-state index contributed by atoms with van der Waals surface area (Å²) in [5.74, 6) is 1.24. The fraction of sp³-hybridized carbons (Fsp3) is 0.435. The van der Waals surface area contributed by atoms with Gasteiger partial charge in [0, 0.05) is 11.7 Å². The molecule has 2 aromatic rings. The molecular weight excluding hydrogens is 352 g/mol. The molecule has 5 nitrogen and oxygen atoms in total. The van der Waals surface area contributed by atoms with Crippen molar-refractivity contribution in [2.75, 3.05) is 19.5 Å². The van der Waals surface area contributed by atoms with Crippen LogP contribution in [0.3, 0.4) is 0 Å². The lowest BCUT2D eigenvalue weighted by atomic mass is 9.95. The Labute approximate surface area is 167 Å². The van der Waals surface area contributed by atoms with Crippen LogP contribution in [0, 0.1) is 6.92 Å². The van der Waals surface area contributed by atoms with E-state index >= 15 is 0 Å². The summed E-state index contributed by atoms with van der Waals surface area (Å²) in [6.45, 7) is 2.05. The number of nitrogens with one attached hydrogen (secondary N) is 2. The van der Waals surface area contributed by atoms with Crippen LogP contribution in [0.5, 0.6) is 11.5 Å². The van der Waals surface area contributed by atoms with E-state index in [1.54, 1.807) is 14.2 Å². The van der Waals surface area contributed by atoms with E-state index in [0.29, 0.717) is 11.5 Å². The molecule has 150 valence electrons. The molecule has 1 aliphatic rings. The summed E-state index contributed by atoms with van der Waals surface area (Å²) in [4.78, 5) is 13.2. The maximum atomic E-state index is 13.2. The zero-order chi connectivity index (χ0) is 19.9. The number of carbonyl (C=O) groups excluding carboxylic acids is 1. The SMILES string of the molecule is COc1ccc([C@@H](Nc2ccc(C)cc2)C(=O)NC2CCCCC2)cc1OC. The monoisotopic (exact) mass is 382 g/mol. The Bertz CT molecular complexity index is 783. The van der Waals surface area contributed by atoms with Crippen molar-refractivity contribution in [3.63, 3.8) is 0 Å². The second-order valence-electron chi connectivity index (χ2n) is 7.40. The number of amides is 1. The van der Waals surface area contributed by atoms with Crippen LogP contribution in [-0.2, 0) is 4.79 Å². The van der Waals surface area contributed by atoms with Crippen LogP contribution in [0.25, 0.3) is 0 Å². The summed E-state index contributed by atoms with van der Waals surface area (Å²) in [7, 11) is 3.21. The number of methoxy groups -OCH3 is 2. The van der Waals surface area contributed by atoms with E-state index in [2.05, 4.69) is 10.6 Å². The standard InChI is InChI=1S/C23H30N2O3/c1-16-9-12-19(13-10-16)24-22(23(26)25-18-7-5-4-6-8-18)17-11-14-20(27-2)21(15-17)28-3/h9-15,18,22,24H,4-8H2,1-3H3,(H,25,26)/t22-/m1/s1. The van der Waals surface area contributed by atoms with Gasteiger partial charge in [-0.15, -0.1) is 0 Å². The molecule has 0 unspecified atom stereocenters. The Morgan fingerprint density at radius 1 is 0.964 bits per heavy atom. The second kappa shape index (κ2) is 9.49.